The van der Waals surface area contributed by atoms with Gasteiger partial charge in [0.2, 0.25) is 7.37 Å². The molecule has 43 heavy (non-hydrogen) atoms. The summed E-state index contributed by atoms with van der Waals surface area (Å²) in [5, 5.41) is 3.44. The highest BCUT2D eigenvalue weighted by atomic mass is 31.2. The molecule has 228 valence electrons. The van der Waals surface area contributed by atoms with Gasteiger partial charge in [0, 0.05) is 25.4 Å². The first kappa shape index (κ1) is 32.6. The molecule has 0 saturated carbocycles. The normalized spacial score (nSPS) is 13.4. The fraction of sp³-hybridized carbons (Fsp3) is 0.351. The van der Waals surface area contributed by atoms with Crippen LogP contribution in [0.25, 0.3) is 0 Å². The molecule has 1 N–H and O–H groups in total. The number of rotatable bonds is 16. The van der Waals surface area contributed by atoms with Crippen LogP contribution in [0.4, 0.5) is 8.78 Å². The van der Waals surface area contributed by atoms with E-state index in [-0.39, 0.29) is 5.92 Å². The summed E-state index contributed by atoms with van der Waals surface area (Å²) in [4.78, 5) is 0. The van der Waals surface area contributed by atoms with E-state index >= 15 is 0 Å². The van der Waals surface area contributed by atoms with Gasteiger partial charge in [-0.3, -0.25) is 4.57 Å². The third kappa shape index (κ3) is 11.1. The number of halogens is 2. The van der Waals surface area contributed by atoms with E-state index < -0.39 is 19.0 Å². The predicted octanol–water partition coefficient (Wildman–Crippen LogP) is 9.79. The standard InChI is InChI=1S/C37H44F2NO2P/c1-28-14-15-32(22-29(28)2)23-33(34-24-35(38)26-36(39)25-34)11-8-7-10-30-16-18-31(19-17-30)27-40-20-9-21-43(3,41)42-37-12-5-4-6-13-37/h4-6,12-19,22,24-26,33,40H,7-11,20-21,23,27H2,1-3H3. The maximum Gasteiger partial charge on any atom is 0.245 e. The van der Waals surface area contributed by atoms with Crippen molar-refractivity contribution in [3.05, 3.63) is 136 Å². The van der Waals surface area contributed by atoms with E-state index in [1.165, 1.54) is 39.9 Å². The number of hydrogen-bond acceptors (Lipinski definition) is 3. The zero-order valence-corrected chi connectivity index (χ0v) is 26.5. The topological polar surface area (TPSA) is 38.3 Å². The van der Waals surface area contributed by atoms with E-state index in [0.29, 0.717) is 11.9 Å². The second kappa shape index (κ2) is 16.0. The number of unbranched alkanes of at least 4 members (excludes halogenated alkanes) is 1. The van der Waals surface area contributed by atoms with E-state index in [1.54, 1.807) is 6.66 Å². The molecule has 6 heteroatoms. The lowest BCUT2D eigenvalue weighted by atomic mass is 9.86. The van der Waals surface area contributed by atoms with Crippen molar-refractivity contribution in [1.29, 1.82) is 0 Å². The van der Waals surface area contributed by atoms with Crippen molar-refractivity contribution in [2.75, 3.05) is 19.4 Å². The van der Waals surface area contributed by atoms with Crippen molar-refractivity contribution in [2.24, 2.45) is 0 Å². The molecule has 0 amide bonds. The summed E-state index contributed by atoms with van der Waals surface area (Å²) in [6.07, 6.45) is 5.92. The van der Waals surface area contributed by atoms with Gasteiger partial charge in [-0.2, -0.15) is 0 Å². The molecule has 0 bridgehead atoms. The van der Waals surface area contributed by atoms with Gasteiger partial charge in [0.05, 0.1) is 0 Å². The molecule has 0 aliphatic carbocycles. The van der Waals surface area contributed by atoms with Gasteiger partial charge in [0.15, 0.2) is 0 Å². The predicted molar refractivity (Wildman–Crippen MR) is 175 cm³/mol. The zero-order valence-electron chi connectivity index (χ0n) is 25.6. The van der Waals surface area contributed by atoms with Crippen LogP contribution >= 0.6 is 7.37 Å². The lowest BCUT2D eigenvalue weighted by molar-refractivity contribution is 0.484. The Bertz CT molecular complexity index is 1470. The van der Waals surface area contributed by atoms with Crippen LogP contribution in [0.3, 0.4) is 0 Å². The Balaban J connectivity index is 1.20. The molecule has 4 rings (SSSR count). The highest BCUT2D eigenvalue weighted by Gasteiger charge is 2.17. The van der Waals surface area contributed by atoms with Crippen LogP contribution in [0.5, 0.6) is 5.75 Å². The molecule has 0 radical (unpaired) electrons. The van der Waals surface area contributed by atoms with Crippen LogP contribution in [-0.2, 0) is 24.0 Å². The van der Waals surface area contributed by atoms with Gasteiger partial charge in [-0.25, -0.2) is 8.78 Å². The van der Waals surface area contributed by atoms with E-state index in [9.17, 15) is 13.3 Å². The summed E-state index contributed by atoms with van der Waals surface area (Å²) in [5.41, 5.74) is 6.92. The molecule has 4 aromatic rings. The summed E-state index contributed by atoms with van der Waals surface area (Å²) in [7, 11) is -2.67. The van der Waals surface area contributed by atoms with Crippen molar-refractivity contribution in [3.8, 4) is 5.75 Å². The molecular formula is C37H44F2NO2P. The fourth-order valence-corrected chi connectivity index (χ4v) is 6.82. The van der Waals surface area contributed by atoms with Crippen LogP contribution in [-0.4, -0.2) is 19.4 Å². The molecule has 0 aliphatic heterocycles. The van der Waals surface area contributed by atoms with Crippen molar-refractivity contribution in [3.63, 3.8) is 0 Å². The molecular weight excluding hydrogens is 559 g/mol. The second-order valence-electron chi connectivity index (χ2n) is 11.8. The Kier molecular flexibility index (Phi) is 12.1. The average molecular weight is 604 g/mol. The minimum absolute atomic E-state index is 0.0623. The highest BCUT2D eigenvalue weighted by Crippen LogP contribution is 2.43. The molecule has 0 spiro atoms. The largest absolute Gasteiger partial charge is 0.443 e. The summed E-state index contributed by atoms with van der Waals surface area (Å²) in [6.45, 7) is 7.43. The summed E-state index contributed by atoms with van der Waals surface area (Å²) >= 11 is 0. The van der Waals surface area contributed by atoms with Gasteiger partial charge in [-0.05, 0) is 116 Å². The van der Waals surface area contributed by atoms with Gasteiger partial charge in [-0.15, -0.1) is 0 Å². The van der Waals surface area contributed by atoms with Gasteiger partial charge in [-0.1, -0.05) is 67.1 Å². The van der Waals surface area contributed by atoms with Crippen molar-refractivity contribution >= 4 is 7.37 Å². The van der Waals surface area contributed by atoms with Crippen LogP contribution < -0.4 is 9.84 Å². The average Bonchev–Trinajstić information content (AvgIpc) is 2.97. The molecule has 0 aromatic heterocycles. The maximum absolute atomic E-state index is 14.1. The first-order valence-electron chi connectivity index (χ1n) is 15.3. The molecule has 2 atom stereocenters. The first-order chi connectivity index (χ1) is 20.7. The minimum atomic E-state index is -2.67. The van der Waals surface area contributed by atoms with E-state index in [1.807, 2.05) is 30.3 Å². The smallest absolute Gasteiger partial charge is 0.245 e. The molecule has 0 heterocycles. The number of nitrogens with one attached hydrogen (secondary N) is 1. The number of benzene rings is 4. The fourth-order valence-electron chi connectivity index (χ4n) is 5.43. The van der Waals surface area contributed by atoms with E-state index in [2.05, 4.69) is 61.6 Å². The van der Waals surface area contributed by atoms with Crippen LogP contribution in [0.15, 0.2) is 91.0 Å². The summed E-state index contributed by atoms with van der Waals surface area (Å²) in [6, 6.07) is 28.4. The van der Waals surface area contributed by atoms with E-state index in [4.69, 9.17) is 4.52 Å². The molecule has 4 aromatic carbocycles. The lowest BCUT2D eigenvalue weighted by Gasteiger charge is -2.19. The second-order valence-corrected chi connectivity index (χ2v) is 14.4. The van der Waals surface area contributed by atoms with Crippen molar-refractivity contribution in [1.82, 2.24) is 5.32 Å². The molecule has 0 fully saturated rings. The first-order valence-corrected chi connectivity index (χ1v) is 17.5. The Morgan fingerprint density at radius 2 is 1.44 bits per heavy atom. The highest BCUT2D eigenvalue weighted by molar-refractivity contribution is 7.58. The third-order valence-corrected chi connectivity index (χ3v) is 9.72. The summed E-state index contributed by atoms with van der Waals surface area (Å²) < 4.78 is 46.5. The van der Waals surface area contributed by atoms with Crippen LogP contribution in [0.2, 0.25) is 0 Å². The lowest BCUT2D eigenvalue weighted by Crippen LogP contribution is -2.16. The monoisotopic (exact) mass is 603 g/mol. The van der Waals surface area contributed by atoms with Crippen LogP contribution in [0, 0.1) is 25.5 Å². The maximum atomic E-state index is 14.1. The van der Waals surface area contributed by atoms with Gasteiger partial charge in [0.25, 0.3) is 0 Å². The van der Waals surface area contributed by atoms with Crippen LogP contribution in [0.1, 0.15) is 65.0 Å². The van der Waals surface area contributed by atoms with Gasteiger partial charge >= 0.3 is 0 Å². The molecule has 0 saturated heterocycles. The molecule has 0 aliphatic rings. The molecule has 2 unspecified atom stereocenters. The Morgan fingerprint density at radius 1 is 0.767 bits per heavy atom. The number of aryl methyl sites for hydroxylation is 3. The minimum Gasteiger partial charge on any atom is -0.443 e. The Labute approximate surface area is 256 Å². The van der Waals surface area contributed by atoms with Gasteiger partial charge < -0.3 is 9.84 Å². The van der Waals surface area contributed by atoms with Gasteiger partial charge in [0.1, 0.15) is 17.4 Å². The Hall–Kier alpha value is -3.27. The van der Waals surface area contributed by atoms with Crippen molar-refractivity contribution < 1.29 is 17.9 Å². The number of hydrogen-bond donors (Lipinski definition) is 1. The molecule has 3 nitrogen and oxygen atoms in total. The summed E-state index contributed by atoms with van der Waals surface area (Å²) in [5.74, 6) is -0.318. The van der Waals surface area contributed by atoms with Crippen molar-refractivity contribution in [2.45, 2.75) is 64.8 Å². The Morgan fingerprint density at radius 3 is 2.14 bits per heavy atom. The SMILES string of the molecule is Cc1ccc(CC(CCCCc2ccc(CNCCCP(C)(=O)Oc3ccccc3)cc2)c2cc(F)cc(F)c2)cc1C. The number of para-hydroxylation sites is 1. The van der Waals surface area contributed by atoms with E-state index in [0.717, 1.165) is 63.2 Å². The quantitative estimate of drug-likeness (QED) is 0.102. The zero-order chi connectivity index (χ0) is 30.7. The third-order valence-electron chi connectivity index (χ3n) is 7.99.